The molecule has 7 nitrogen and oxygen atoms in total. The summed E-state index contributed by atoms with van der Waals surface area (Å²) in [5.74, 6) is -2.20. The topological polar surface area (TPSA) is 94.6 Å². The summed E-state index contributed by atoms with van der Waals surface area (Å²) in [6, 6.07) is 0. The molecule has 2 aliphatic heterocycles. The molecule has 30 heavy (non-hydrogen) atoms. The molecule has 0 amide bonds. The first-order valence-corrected chi connectivity index (χ1v) is 10.8. The fraction of sp³-hybridized carbons (Fsp3) is 0.739. The van der Waals surface area contributed by atoms with Crippen LogP contribution in [0.4, 0.5) is 0 Å². The lowest BCUT2D eigenvalue weighted by atomic mass is 9.54. The van der Waals surface area contributed by atoms with Gasteiger partial charge in [0.15, 0.2) is 11.6 Å². The van der Waals surface area contributed by atoms with Crippen molar-refractivity contribution in [2.24, 2.45) is 35.0 Å². The van der Waals surface area contributed by atoms with Crippen LogP contribution in [-0.2, 0) is 28.8 Å². The number of allylic oxidation sites excluding steroid dienone is 1. The Balaban J connectivity index is 1.67. The van der Waals surface area contributed by atoms with Gasteiger partial charge in [0.05, 0.1) is 23.0 Å². The Hall–Kier alpha value is -1.38. The van der Waals surface area contributed by atoms with Gasteiger partial charge >= 0.3 is 0 Å². The molecule has 11 atom stereocenters. The average Bonchev–Trinajstić information content (AvgIpc) is 3.37. The second-order valence-corrected chi connectivity index (χ2v) is 10.6. The smallest absolute Gasteiger partial charge is 0.190 e. The predicted octanol–water partition coefficient (Wildman–Crippen LogP) is 1.39. The summed E-state index contributed by atoms with van der Waals surface area (Å²) in [5, 5.41) is 11.4. The van der Waals surface area contributed by atoms with Gasteiger partial charge in [-0.15, -0.1) is 0 Å². The standard InChI is InChI=1S/C23H28O7/c1-8(2)6-11-23-10(22(3,4)27-5)7-9-12(21(23)26)13-15(23)18(30-29-11)14(17(13)25)19-20(28-19)16(9)24/h6-7,10-15,17-20,25H,1-5H3/t10-,11-,12-,13+,14-,15-,17+,18+,19-,20+,23-/m1/s1. The molecule has 4 aliphatic carbocycles. The van der Waals surface area contributed by atoms with E-state index in [4.69, 9.17) is 19.2 Å². The number of carbonyl (C=O) groups is 2. The average molecular weight is 416 g/mol. The van der Waals surface area contributed by atoms with E-state index in [1.807, 2.05) is 39.8 Å². The van der Waals surface area contributed by atoms with Gasteiger partial charge in [-0.2, -0.15) is 0 Å². The molecular weight excluding hydrogens is 388 g/mol. The third kappa shape index (κ3) is 1.95. The van der Waals surface area contributed by atoms with E-state index >= 15 is 0 Å². The molecule has 2 saturated heterocycles. The van der Waals surface area contributed by atoms with E-state index in [2.05, 4.69) is 0 Å². The number of hydrogen-bond acceptors (Lipinski definition) is 7. The molecule has 0 unspecified atom stereocenters. The number of aliphatic hydroxyl groups excluding tert-OH is 1. The van der Waals surface area contributed by atoms with Crippen molar-refractivity contribution in [1.82, 2.24) is 0 Å². The second-order valence-electron chi connectivity index (χ2n) is 10.6. The van der Waals surface area contributed by atoms with Crippen molar-refractivity contribution in [2.45, 2.75) is 63.8 Å². The number of methoxy groups -OCH3 is 1. The number of ketones is 2. The molecule has 1 spiro atoms. The Morgan fingerprint density at radius 2 is 1.93 bits per heavy atom. The number of hydrogen-bond donors (Lipinski definition) is 1. The van der Waals surface area contributed by atoms with E-state index in [9.17, 15) is 14.7 Å². The lowest BCUT2D eigenvalue weighted by molar-refractivity contribution is -0.410. The van der Waals surface area contributed by atoms with Gasteiger partial charge in [0.2, 0.25) is 0 Å². The molecule has 7 heteroatoms. The highest BCUT2D eigenvalue weighted by atomic mass is 17.2. The molecular formula is C23H28O7. The highest BCUT2D eigenvalue weighted by molar-refractivity contribution is 6.10. The second kappa shape index (κ2) is 5.70. The number of carbonyl (C=O) groups excluding carboxylic acids is 2. The Morgan fingerprint density at radius 1 is 1.20 bits per heavy atom. The van der Waals surface area contributed by atoms with Crippen LogP contribution in [-0.4, -0.2) is 59.9 Å². The summed E-state index contributed by atoms with van der Waals surface area (Å²) in [6.07, 6.45) is 1.01. The molecule has 1 N–H and O–H groups in total. The molecule has 0 aromatic heterocycles. The van der Waals surface area contributed by atoms with Gasteiger partial charge in [-0.1, -0.05) is 17.7 Å². The number of Topliss-reactive ketones (excluding diaryl/α,β-unsaturated/α-hetero) is 2. The van der Waals surface area contributed by atoms with Gasteiger partial charge in [0.25, 0.3) is 0 Å². The van der Waals surface area contributed by atoms with Crippen molar-refractivity contribution >= 4 is 11.6 Å². The Bertz CT molecular complexity index is 915. The first-order chi connectivity index (χ1) is 14.2. The number of epoxide rings is 1. The number of rotatable bonds is 3. The number of aliphatic hydroxyl groups is 1. The molecule has 3 saturated carbocycles. The molecule has 2 heterocycles. The maximum Gasteiger partial charge on any atom is 0.190 e. The minimum atomic E-state index is -0.962. The Labute approximate surface area is 175 Å². The van der Waals surface area contributed by atoms with Gasteiger partial charge in [0.1, 0.15) is 24.4 Å². The van der Waals surface area contributed by atoms with E-state index in [0.29, 0.717) is 5.57 Å². The molecule has 0 aromatic carbocycles. The van der Waals surface area contributed by atoms with Crippen molar-refractivity contribution in [3.8, 4) is 0 Å². The van der Waals surface area contributed by atoms with E-state index in [1.165, 1.54) is 0 Å². The minimum absolute atomic E-state index is 0.0223. The van der Waals surface area contributed by atoms with E-state index in [1.54, 1.807) is 7.11 Å². The highest BCUT2D eigenvalue weighted by Crippen LogP contribution is 2.72. The van der Waals surface area contributed by atoms with Gasteiger partial charge in [-0.3, -0.25) is 9.59 Å². The van der Waals surface area contributed by atoms with E-state index < -0.39 is 47.3 Å². The Morgan fingerprint density at radius 3 is 2.60 bits per heavy atom. The fourth-order valence-corrected chi connectivity index (χ4v) is 7.47. The van der Waals surface area contributed by atoms with Crippen molar-refractivity contribution in [1.29, 1.82) is 0 Å². The maximum atomic E-state index is 14.2. The molecule has 0 aromatic rings. The van der Waals surface area contributed by atoms with Crippen molar-refractivity contribution < 1.29 is 33.9 Å². The predicted molar refractivity (Wildman–Crippen MR) is 103 cm³/mol. The summed E-state index contributed by atoms with van der Waals surface area (Å²) in [7, 11) is 1.63. The van der Waals surface area contributed by atoms with Crippen LogP contribution in [0.25, 0.3) is 0 Å². The maximum absolute atomic E-state index is 14.2. The third-order valence-corrected chi connectivity index (χ3v) is 8.73. The van der Waals surface area contributed by atoms with E-state index in [0.717, 1.165) is 5.57 Å². The lowest BCUT2D eigenvalue weighted by Crippen LogP contribution is -2.63. The molecule has 6 aliphatic rings. The number of ether oxygens (including phenoxy) is 2. The van der Waals surface area contributed by atoms with Crippen LogP contribution >= 0.6 is 0 Å². The highest BCUT2D eigenvalue weighted by Gasteiger charge is 2.82. The molecule has 4 bridgehead atoms. The van der Waals surface area contributed by atoms with Gasteiger partial charge in [-0.05, 0) is 27.7 Å². The first kappa shape index (κ1) is 19.3. The zero-order chi connectivity index (χ0) is 21.3. The monoisotopic (exact) mass is 416 g/mol. The van der Waals surface area contributed by atoms with Crippen LogP contribution < -0.4 is 0 Å². The van der Waals surface area contributed by atoms with Crippen LogP contribution in [0.5, 0.6) is 0 Å². The largest absolute Gasteiger partial charge is 0.392 e. The zero-order valence-corrected chi connectivity index (χ0v) is 17.8. The van der Waals surface area contributed by atoms with Gasteiger partial charge in [0, 0.05) is 36.4 Å². The zero-order valence-electron chi connectivity index (χ0n) is 17.8. The normalized spacial score (nSPS) is 52.5. The van der Waals surface area contributed by atoms with Crippen LogP contribution in [0, 0.1) is 35.0 Å². The summed E-state index contributed by atoms with van der Waals surface area (Å²) < 4.78 is 11.6. The fourth-order valence-electron chi connectivity index (χ4n) is 7.47. The molecule has 6 rings (SSSR count). The van der Waals surface area contributed by atoms with E-state index in [-0.39, 0.29) is 35.4 Å². The van der Waals surface area contributed by atoms with Crippen LogP contribution in [0.2, 0.25) is 0 Å². The van der Waals surface area contributed by atoms with Crippen molar-refractivity contribution in [3.05, 3.63) is 23.3 Å². The minimum Gasteiger partial charge on any atom is -0.392 e. The first-order valence-electron chi connectivity index (χ1n) is 10.8. The number of fused-ring (bicyclic) bond motifs is 4. The molecule has 5 fully saturated rings. The van der Waals surface area contributed by atoms with Gasteiger partial charge < -0.3 is 14.6 Å². The van der Waals surface area contributed by atoms with Crippen LogP contribution in [0.3, 0.4) is 0 Å². The summed E-state index contributed by atoms with van der Waals surface area (Å²) >= 11 is 0. The SMILES string of the molecule is COC(C)(C)[C@H]1C=C2C(=O)[C@@H]3O[C@@H]3[C@@H]3[C@@H](O)[C@H]4[C@@H]2C(=O)[C@]12[C@H]4[C@H]3OO[C@@H]2C=C(C)C. The third-order valence-electron chi connectivity index (χ3n) is 8.73. The summed E-state index contributed by atoms with van der Waals surface area (Å²) in [6.45, 7) is 7.81. The van der Waals surface area contributed by atoms with Gasteiger partial charge in [-0.25, -0.2) is 9.78 Å². The quantitative estimate of drug-likeness (QED) is 0.422. The van der Waals surface area contributed by atoms with Crippen molar-refractivity contribution in [3.63, 3.8) is 0 Å². The molecule has 162 valence electrons. The van der Waals surface area contributed by atoms with Crippen molar-refractivity contribution in [2.75, 3.05) is 7.11 Å². The lowest BCUT2D eigenvalue weighted by Gasteiger charge is -2.54. The Kier molecular flexibility index (Phi) is 3.67. The van der Waals surface area contributed by atoms with Crippen LogP contribution in [0.15, 0.2) is 23.3 Å². The summed E-state index contributed by atoms with van der Waals surface area (Å²) in [4.78, 5) is 39.5. The van der Waals surface area contributed by atoms with Crippen LogP contribution in [0.1, 0.15) is 27.7 Å². The summed E-state index contributed by atoms with van der Waals surface area (Å²) in [5.41, 5.74) is -0.193. The molecule has 0 radical (unpaired) electrons.